The molecule has 1 aromatic heterocycles. The summed E-state index contributed by atoms with van der Waals surface area (Å²) < 4.78 is 0. The Balaban J connectivity index is 1.54. The van der Waals surface area contributed by atoms with Crippen molar-refractivity contribution in [2.45, 2.75) is 51.0 Å². The molecule has 1 atom stereocenters. The van der Waals surface area contributed by atoms with Crippen molar-refractivity contribution in [3.8, 4) is 0 Å². The number of likely N-dealkylation sites (tertiary alicyclic amines) is 1. The fourth-order valence-corrected chi connectivity index (χ4v) is 4.24. The first-order chi connectivity index (χ1) is 12.2. The second-order valence-corrected chi connectivity index (χ2v) is 7.51. The van der Waals surface area contributed by atoms with Gasteiger partial charge in [0.25, 0.3) is 0 Å². The number of rotatable bonds is 6. The number of amides is 1. The molecule has 2 aliphatic rings. The number of nitrogens with one attached hydrogen (secondary N) is 1. The lowest BCUT2D eigenvalue weighted by atomic mass is 9.93. The van der Waals surface area contributed by atoms with Crippen LogP contribution in [0.15, 0.2) is 12.4 Å². The summed E-state index contributed by atoms with van der Waals surface area (Å²) in [6.07, 6.45) is 11.7. The molecule has 2 fully saturated rings. The molecular formula is C19H31N5O. The number of hydrogen-bond donors (Lipinski definition) is 1. The summed E-state index contributed by atoms with van der Waals surface area (Å²) >= 11 is 0. The monoisotopic (exact) mass is 345 g/mol. The number of carbonyl (C=O) groups excluding carboxylic acids is 1. The van der Waals surface area contributed by atoms with E-state index in [1.165, 1.54) is 25.7 Å². The van der Waals surface area contributed by atoms with Crippen LogP contribution in [0, 0.1) is 5.92 Å². The highest BCUT2D eigenvalue weighted by molar-refractivity contribution is 5.78. The third-order valence-corrected chi connectivity index (χ3v) is 5.70. The summed E-state index contributed by atoms with van der Waals surface area (Å²) in [5.41, 5.74) is 1.01. The molecule has 1 aliphatic carbocycles. The normalized spacial score (nSPS) is 21.7. The van der Waals surface area contributed by atoms with Gasteiger partial charge in [0.15, 0.2) is 0 Å². The zero-order valence-electron chi connectivity index (χ0n) is 15.6. The van der Waals surface area contributed by atoms with Crippen molar-refractivity contribution in [1.82, 2.24) is 19.8 Å². The van der Waals surface area contributed by atoms with E-state index >= 15 is 0 Å². The Kier molecular flexibility index (Phi) is 6.24. The van der Waals surface area contributed by atoms with E-state index in [0.717, 1.165) is 43.9 Å². The zero-order valence-corrected chi connectivity index (χ0v) is 15.6. The first-order valence-corrected chi connectivity index (χ1v) is 9.63. The molecule has 1 aromatic rings. The first-order valence-electron chi connectivity index (χ1n) is 9.63. The average molecular weight is 345 g/mol. The Morgan fingerprint density at radius 3 is 2.76 bits per heavy atom. The van der Waals surface area contributed by atoms with Crippen molar-refractivity contribution in [3.05, 3.63) is 18.1 Å². The molecule has 1 N–H and O–H groups in total. The lowest BCUT2D eigenvalue weighted by molar-refractivity contribution is -0.134. The molecule has 25 heavy (non-hydrogen) atoms. The molecule has 1 amide bonds. The smallest absolute Gasteiger partial charge is 0.236 e. The van der Waals surface area contributed by atoms with Crippen LogP contribution in [0.25, 0.3) is 0 Å². The van der Waals surface area contributed by atoms with Crippen molar-refractivity contribution < 1.29 is 4.79 Å². The van der Waals surface area contributed by atoms with E-state index in [-0.39, 0.29) is 5.91 Å². The molecule has 0 spiro atoms. The molecular weight excluding hydrogens is 314 g/mol. The molecule has 138 valence electrons. The van der Waals surface area contributed by atoms with Gasteiger partial charge < -0.3 is 10.2 Å². The quantitative estimate of drug-likeness (QED) is 0.856. The number of nitrogens with zero attached hydrogens (tertiary/aromatic N) is 4. The highest BCUT2D eigenvalue weighted by Crippen LogP contribution is 2.24. The Labute approximate surface area is 151 Å². The predicted molar refractivity (Wildman–Crippen MR) is 99.5 cm³/mol. The minimum Gasteiger partial charge on any atom is -0.372 e. The standard InChI is InChI=1S/C19H31N5O/c1-20-19-17(21-9-10-22-19)12-15-6-5-11-24(13-15)18(25)14-23(2)16-7-3-4-8-16/h9-10,15-16H,3-8,11-14H2,1-2H3,(H,20,22). The van der Waals surface area contributed by atoms with Crippen molar-refractivity contribution in [2.75, 3.05) is 39.0 Å². The molecule has 1 aliphatic heterocycles. The van der Waals surface area contributed by atoms with E-state index in [1.807, 2.05) is 7.05 Å². The number of carbonyl (C=O) groups is 1. The van der Waals surface area contributed by atoms with Crippen LogP contribution in [0.4, 0.5) is 5.82 Å². The summed E-state index contributed by atoms with van der Waals surface area (Å²) in [6, 6.07) is 0.599. The van der Waals surface area contributed by atoms with E-state index in [9.17, 15) is 4.79 Å². The zero-order chi connectivity index (χ0) is 17.6. The van der Waals surface area contributed by atoms with Gasteiger partial charge in [-0.3, -0.25) is 14.7 Å². The Hall–Kier alpha value is -1.69. The number of anilines is 1. The average Bonchev–Trinajstić information content (AvgIpc) is 3.17. The SMILES string of the molecule is CNc1nccnc1CC1CCCN(C(=O)CN(C)C2CCCC2)C1. The summed E-state index contributed by atoms with van der Waals surface area (Å²) in [6.45, 7) is 2.30. The fraction of sp³-hybridized carbons (Fsp3) is 0.737. The Bertz CT molecular complexity index is 573. The van der Waals surface area contributed by atoms with Crippen molar-refractivity contribution in [3.63, 3.8) is 0 Å². The minimum atomic E-state index is 0.284. The van der Waals surface area contributed by atoms with Gasteiger partial charge in [-0.2, -0.15) is 0 Å². The molecule has 0 aromatic carbocycles. The van der Waals surface area contributed by atoms with Gasteiger partial charge >= 0.3 is 0 Å². The van der Waals surface area contributed by atoms with E-state index < -0.39 is 0 Å². The number of aromatic nitrogens is 2. The topological polar surface area (TPSA) is 61.4 Å². The molecule has 2 heterocycles. The van der Waals surface area contributed by atoms with Crippen LogP contribution in [-0.4, -0.2) is 65.4 Å². The molecule has 0 bridgehead atoms. The molecule has 1 saturated heterocycles. The second-order valence-electron chi connectivity index (χ2n) is 7.51. The van der Waals surface area contributed by atoms with Gasteiger partial charge in [-0.15, -0.1) is 0 Å². The second kappa shape index (κ2) is 8.61. The first kappa shape index (κ1) is 18.1. The summed E-state index contributed by atoms with van der Waals surface area (Å²) in [5, 5.41) is 3.12. The summed E-state index contributed by atoms with van der Waals surface area (Å²) in [4.78, 5) is 25.9. The molecule has 1 saturated carbocycles. The van der Waals surface area contributed by atoms with Crippen molar-refractivity contribution >= 4 is 11.7 Å². The fourth-order valence-electron chi connectivity index (χ4n) is 4.24. The summed E-state index contributed by atoms with van der Waals surface area (Å²) in [7, 11) is 3.98. The van der Waals surface area contributed by atoms with Crippen LogP contribution in [0.5, 0.6) is 0 Å². The molecule has 3 rings (SSSR count). The third-order valence-electron chi connectivity index (χ3n) is 5.70. The van der Waals surface area contributed by atoms with Gasteiger partial charge in [0.05, 0.1) is 12.2 Å². The number of likely N-dealkylation sites (N-methyl/N-ethyl adjacent to an activating group) is 1. The van der Waals surface area contributed by atoms with Gasteiger partial charge in [0.2, 0.25) is 5.91 Å². The van der Waals surface area contributed by atoms with Crippen LogP contribution in [-0.2, 0) is 11.2 Å². The van der Waals surface area contributed by atoms with Gasteiger partial charge in [-0.05, 0) is 45.1 Å². The van der Waals surface area contributed by atoms with E-state index in [1.54, 1.807) is 12.4 Å². The van der Waals surface area contributed by atoms with Gasteiger partial charge in [-0.25, -0.2) is 4.98 Å². The highest BCUT2D eigenvalue weighted by Gasteiger charge is 2.27. The van der Waals surface area contributed by atoms with Crippen LogP contribution in [0.3, 0.4) is 0 Å². The minimum absolute atomic E-state index is 0.284. The van der Waals surface area contributed by atoms with Gasteiger partial charge in [-0.1, -0.05) is 12.8 Å². The molecule has 6 nitrogen and oxygen atoms in total. The lowest BCUT2D eigenvalue weighted by Gasteiger charge is -2.34. The highest BCUT2D eigenvalue weighted by atomic mass is 16.2. The maximum absolute atomic E-state index is 12.7. The van der Waals surface area contributed by atoms with Crippen molar-refractivity contribution in [1.29, 1.82) is 0 Å². The van der Waals surface area contributed by atoms with E-state index in [2.05, 4.69) is 32.1 Å². The van der Waals surface area contributed by atoms with Crippen LogP contribution >= 0.6 is 0 Å². The predicted octanol–water partition coefficient (Wildman–Crippen LogP) is 2.17. The largest absolute Gasteiger partial charge is 0.372 e. The maximum Gasteiger partial charge on any atom is 0.236 e. The van der Waals surface area contributed by atoms with Gasteiger partial charge in [0, 0.05) is 38.6 Å². The molecule has 0 radical (unpaired) electrons. The Morgan fingerprint density at radius 2 is 2.00 bits per heavy atom. The van der Waals surface area contributed by atoms with Crippen LogP contribution in [0.2, 0.25) is 0 Å². The summed E-state index contributed by atoms with van der Waals surface area (Å²) in [5.74, 6) is 1.61. The van der Waals surface area contributed by atoms with Gasteiger partial charge in [0.1, 0.15) is 5.82 Å². The van der Waals surface area contributed by atoms with Crippen molar-refractivity contribution in [2.24, 2.45) is 5.92 Å². The van der Waals surface area contributed by atoms with E-state index in [4.69, 9.17) is 0 Å². The van der Waals surface area contributed by atoms with Crippen LogP contribution in [0.1, 0.15) is 44.2 Å². The molecule has 1 unspecified atom stereocenters. The Morgan fingerprint density at radius 1 is 1.24 bits per heavy atom. The lowest BCUT2D eigenvalue weighted by Crippen LogP contribution is -2.46. The maximum atomic E-state index is 12.7. The van der Waals surface area contributed by atoms with Crippen LogP contribution < -0.4 is 5.32 Å². The molecule has 6 heteroatoms. The third kappa shape index (κ3) is 4.69. The van der Waals surface area contributed by atoms with E-state index in [0.29, 0.717) is 18.5 Å². The number of hydrogen-bond acceptors (Lipinski definition) is 5. The number of piperidine rings is 1.